The Balaban J connectivity index is 1.74. The fraction of sp³-hybridized carbons (Fsp3) is 0.545. The molecule has 2 fully saturated rings. The summed E-state index contributed by atoms with van der Waals surface area (Å²) in [6.45, 7) is 1.88. The summed E-state index contributed by atoms with van der Waals surface area (Å²) in [5.41, 5.74) is -2.80. The molecule has 38 heavy (non-hydrogen) atoms. The number of aryl methyl sites for hydroxylation is 2. The Morgan fingerprint density at radius 1 is 0.895 bits per heavy atom. The van der Waals surface area contributed by atoms with Gasteiger partial charge in [0.05, 0.1) is 37.3 Å². The molecular weight excluding hydrogens is 504 g/mol. The number of aliphatic hydroxyl groups is 6. The molecule has 2 unspecified atom stereocenters. The van der Waals surface area contributed by atoms with Gasteiger partial charge in [-0.2, -0.15) is 0 Å². The van der Waals surface area contributed by atoms with E-state index in [-0.39, 0.29) is 17.1 Å². The number of rotatable bonds is 5. The van der Waals surface area contributed by atoms with E-state index in [1.54, 1.807) is 13.8 Å². The molecule has 2 saturated heterocycles. The molecule has 16 nitrogen and oxygen atoms in total. The Hall–Kier alpha value is -3.22. The van der Waals surface area contributed by atoms with Gasteiger partial charge in [0.15, 0.2) is 17.1 Å². The van der Waals surface area contributed by atoms with E-state index in [2.05, 4.69) is 34.9 Å². The fourth-order valence-electron chi connectivity index (χ4n) is 5.58. The average Bonchev–Trinajstić information content (AvgIpc) is 3.67. The van der Waals surface area contributed by atoms with Crippen LogP contribution in [0, 0.1) is 13.8 Å². The molecule has 7 N–H and O–H groups in total. The van der Waals surface area contributed by atoms with Crippen molar-refractivity contribution >= 4 is 22.3 Å². The predicted molar refractivity (Wildman–Crippen MR) is 124 cm³/mol. The molecule has 202 valence electrons. The van der Waals surface area contributed by atoms with Gasteiger partial charge in [-0.3, -0.25) is 4.57 Å². The molecule has 0 aliphatic carbocycles. The molecule has 6 heterocycles. The third-order valence-electron chi connectivity index (χ3n) is 7.46. The van der Waals surface area contributed by atoms with E-state index >= 15 is 0 Å². The normalized spacial score (nSPS) is 35.6. The second kappa shape index (κ2) is 8.65. The lowest BCUT2D eigenvalue weighted by Crippen LogP contribution is -2.65. The highest BCUT2D eigenvalue weighted by atomic mass is 16.6. The molecule has 0 bridgehead atoms. The van der Waals surface area contributed by atoms with Gasteiger partial charge in [-0.1, -0.05) is 0 Å². The molecule has 0 amide bonds. The largest absolute Gasteiger partial charge is 0.394 e. The molecule has 2 aliphatic heterocycles. The first kappa shape index (κ1) is 25.1. The first-order valence-corrected chi connectivity index (χ1v) is 11.8. The smallest absolute Gasteiger partial charge is 0.216 e. The van der Waals surface area contributed by atoms with Crippen LogP contribution in [0.1, 0.15) is 17.2 Å². The fourth-order valence-corrected chi connectivity index (χ4v) is 5.58. The topological polar surface area (TPSA) is 238 Å². The third-order valence-corrected chi connectivity index (χ3v) is 7.46. The summed E-state index contributed by atoms with van der Waals surface area (Å²) in [6, 6.07) is 0. The molecule has 4 aromatic heterocycles. The molecule has 0 aromatic carbocycles. The van der Waals surface area contributed by atoms with E-state index in [0.29, 0.717) is 22.4 Å². The number of hydrogen-bond acceptors (Lipinski definition) is 14. The van der Waals surface area contributed by atoms with Gasteiger partial charge in [-0.05, 0) is 13.8 Å². The van der Waals surface area contributed by atoms with Crippen molar-refractivity contribution in [3.8, 4) is 0 Å². The first-order valence-electron chi connectivity index (χ1n) is 11.8. The number of H-pyrrole nitrogens is 1. The van der Waals surface area contributed by atoms with Crippen LogP contribution >= 0.6 is 0 Å². The maximum atomic E-state index is 11.7. The number of nitrogens with zero attached hydrogens (tertiary/aromatic N) is 7. The van der Waals surface area contributed by atoms with Gasteiger partial charge in [-0.25, -0.2) is 29.9 Å². The quantitative estimate of drug-likeness (QED) is 0.135. The number of aliphatic hydroxyl groups excluding tert-OH is 6. The second-order valence-electron chi connectivity index (χ2n) is 9.46. The van der Waals surface area contributed by atoms with E-state index < -0.39 is 61.2 Å². The van der Waals surface area contributed by atoms with Crippen molar-refractivity contribution in [3.63, 3.8) is 0 Å². The van der Waals surface area contributed by atoms with Crippen LogP contribution in [0.15, 0.2) is 19.0 Å². The minimum Gasteiger partial charge on any atom is -0.394 e. The minimum absolute atomic E-state index is 0.122. The van der Waals surface area contributed by atoms with Crippen molar-refractivity contribution in [2.75, 3.05) is 13.2 Å². The summed E-state index contributed by atoms with van der Waals surface area (Å²) in [4.78, 5) is 28.9. The van der Waals surface area contributed by atoms with E-state index in [1.165, 1.54) is 23.5 Å². The Bertz CT molecular complexity index is 1510. The summed E-state index contributed by atoms with van der Waals surface area (Å²) in [5.74, 6) is -0.269. The zero-order valence-electron chi connectivity index (χ0n) is 20.2. The SMILES string of the molecule is Cc1ncnc2c1ncn2C1(C2(c3nc(C)c4[nH]cnc4n3)O[C@H](CO)[C@@H](O)[C@H]2O)O[C@H](CO)[C@@H](O)[C@H]1O. The summed E-state index contributed by atoms with van der Waals surface area (Å²) in [6.07, 6.45) is -6.13. The molecule has 2 aliphatic rings. The zero-order chi connectivity index (χ0) is 27.0. The number of aromatic amines is 1. The first-order chi connectivity index (χ1) is 18.2. The Labute approximate surface area is 213 Å². The van der Waals surface area contributed by atoms with Crippen molar-refractivity contribution in [1.29, 1.82) is 0 Å². The summed E-state index contributed by atoms with van der Waals surface area (Å²) in [7, 11) is 0. The number of hydrogen-bond donors (Lipinski definition) is 7. The summed E-state index contributed by atoms with van der Waals surface area (Å²) in [5, 5.41) is 65.4. The van der Waals surface area contributed by atoms with Gasteiger partial charge in [0.25, 0.3) is 0 Å². The zero-order valence-corrected chi connectivity index (χ0v) is 20.2. The maximum Gasteiger partial charge on any atom is 0.216 e. The van der Waals surface area contributed by atoms with Gasteiger partial charge in [0, 0.05) is 0 Å². The molecule has 0 spiro atoms. The van der Waals surface area contributed by atoms with E-state index in [9.17, 15) is 30.6 Å². The van der Waals surface area contributed by atoms with Crippen LogP contribution in [-0.2, 0) is 20.8 Å². The third kappa shape index (κ3) is 3.02. The molecule has 0 radical (unpaired) electrons. The molecule has 0 saturated carbocycles. The number of fused-ring (bicyclic) bond motifs is 2. The van der Waals surface area contributed by atoms with Gasteiger partial charge in [-0.15, -0.1) is 0 Å². The summed E-state index contributed by atoms with van der Waals surface area (Å²) < 4.78 is 13.7. The standard InChI is InChI=1S/C22H26N8O8/c1-8-13-19(26-5-23-8)30(7-27-13)22(17(36)15(34)11(4-32)38-22)21(16(35)14(33)10(3-31)37-21)20-28-9(2)12-18(29-20)25-6-24-12/h5-7,10-11,14-17,31-36H,3-4H2,1-2H3,(H,24,25,28,29)/t10-,11-,14-,15-,16-,17-,21?,22?/m1/s1. The molecule has 6 rings (SSSR count). The Kier molecular flexibility index (Phi) is 5.71. The van der Waals surface area contributed by atoms with Crippen LogP contribution in [-0.4, -0.2) is 120 Å². The van der Waals surface area contributed by atoms with Crippen LogP contribution in [0.25, 0.3) is 22.3 Å². The van der Waals surface area contributed by atoms with Crippen molar-refractivity contribution in [1.82, 2.24) is 39.5 Å². The molecule has 16 heteroatoms. The van der Waals surface area contributed by atoms with Crippen molar-refractivity contribution in [3.05, 3.63) is 36.2 Å². The molecule has 8 atom stereocenters. The highest BCUT2D eigenvalue weighted by Gasteiger charge is 2.76. The Morgan fingerprint density at radius 3 is 2.29 bits per heavy atom. The van der Waals surface area contributed by atoms with Gasteiger partial charge >= 0.3 is 0 Å². The van der Waals surface area contributed by atoms with Crippen molar-refractivity contribution < 1.29 is 40.1 Å². The summed E-state index contributed by atoms with van der Waals surface area (Å²) >= 11 is 0. The molecular formula is C22H26N8O8. The van der Waals surface area contributed by atoms with Gasteiger partial charge in [0.2, 0.25) is 11.3 Å². The van der Waals surface area contributed by atoms with Crippen LogP contribution in [0.5, 0.6) is 0 Å². The van der Waals surface area contributed by atoms with Crippen LogP contribution in [0.2, 0.25) is 0 Å². The lowest BCUT2D eigenvalue weighted by atomic mass is 9.78. The molecule has 4 aromatic rings. The minimum atomic E-state index is -2.39. The monoisotopic (exact) mass is 530 g/mol. The number of aromatic nitrogens is 8. The van der Waals surface area contributed by atoms with Crippen molar-refractivity contribution in [2.45, 2.75) is 61.8 Å². The predicted octanol–water partition coefficient (Wildman–Crippen LogP) is -3.12. The van der Waals surface area contributed by atoms with Crippen molar-refractivity contribution in [2.24, 2.45) is 0 Å². The Morgan fingerprint density at radius 2 is 1.61 bits per heavy atom. The van der Waals surface area contributed by atoms with E-state index in [0.717, 1.165) is 0 Å². The lowest BCUT2D eigenvalue weighted by molar-refractivity contribution is -0.295. The number of ether oxygens (including phenoxy) is 2. The van der Waals surface area contributed by atoms with E-state index in [4.69, 9.17) is 9.47 Å². The van der Waals surface area contributed by atoms with Crippen LogP contribution < -0.4 is 0 Å². The highest BCUT2D eigenvalue weighted by molar-refractivity contribution is 5.74. The van der Waals surface area contributed by atoms with Gasteiger partial charge in [0.1, 0.15) is 54.0 Å². The number of imidazole rings is 2. The highest BCUT2D eigenvalue weighted by Crippen LogP contribution is 2.56. The number of nitrogens with one attached hydrogen (secondary N) is 1. The maximum absolute atomic E-state index is 11.7. The van der Waals surface area contributed by atoms with E-state index in [1.807, 2.05) is 0 Å². The van der Waals surface area contributed by atoms with Crippen LogP contribution in [0.3, 0.4) is 0 Å². The second-order valence-corrected chi connectivity index (χ2v) is 9.46. The average molecular weight is 530 g/mol. The van der Waals surface area contributed by atoms with Crippen LogP contribution in [0.4, 0.5) is 0 Å². The van der Waals surface area contributed by atoms with Gasteiger partial charge < -0.3 is 45.1 Å². The lowest BCUT2D eigenvalue weighted by Gasteiger charge is -2.47.